The summed E-state index contributed by atoms with van der Waals surface area (Å²) in [5.74, 6) is 1.36. The normalized spacial score (nSPS) is 17.8. The second-order valence-electron chi connectivity index (χ2n) is 6.24. The van der Waals surface area contributed by atoms with Crippen LogP contribution in [-0.2, 0) is 0 Å². The quantitative estimate of drug-likeness (QED) is 0.944. The van der Waals surface area contributed by atoms with Gasteiger partial charge in [0.1, 0.15) is 5.82 Å². The van der Waals surface area contributed by atoms with Crippen molar-refractivity contribution in [1.29, 1.82) is 0 Å². The molecule has 1 aliphatic rings. The molecule has 0 spiro atoms. The number of carbonyl (C=O) groups is 1. The van der Waals surface area contributed by atoms with Crippen LogP contribution in [0.4, 0.5) is 11.5 Å². The molecule has 0 unspecified atom stereocenters. The van der Waals surface area contributed by atoms with Crippen LogP contribution in [0, 0.1) is 12.8 Å². The Morgan fingerprint density at radius 2 is 2.09 bits per heavy atom. The monoisotopic (exact) mass is 310 g/mol. The highest BCUT2D eigenvalue weighted by molar-refractivity contribution is 5.94. The molecule has 3 heterocycles. The Balaban J connectivity index is 1.66. The topological polar surface area (TPSA) is 58.1 Å². The van der Waals surface area contributed by atoms with Crippen molar-refractivity contribution in [3.8, 4) is 0 Å². The van der Waals surface area contributed by atoms with Gasteiger partial charge in [-0.2, -0.15) is 0 Å². The van der Waals surface area contributed by atoms with E-state index in [1.807, 2.05) is 36.1 Å². The number of nitrogens with zero attached hydrogens (tertiary/aromatic N) is 3. The van der Waals surface area contributed by atoms with Crippen molar-refractivity contribution in [2.24, 2.45) is 5.92 Å². The van der Waals surface area contributed by atoms with Gasteiger partial charge in [0.25, 0.3) is 5.91 Å². The summed E-state index contributed by atoms with van der Waals surface area (Å²) in [7, 11) is 0. The molecule has 1 aliphatic heterocycles. The van der Waals surface area contributed by atoms with Crippen molar-refractivity contribution < 1.29 is 4.79 Å². The van der Waals surface area contributed by atoms with Gasteiger partial charge in [0, 0.05) is 25.0 Å². The molecule has 0 radical (unpaired) electrons. The van der Waals surface area contributed by atoms with Crippen molar-refractivity contribution in [3.05, 3.63) is 47.9 Å². The first-order chi connectivity index (χ1) is 11.1. The van der Waals surface area contributed by atoms with E-state index in [4.69, 9.17) is 0 Å². The molecule has 5 nitrogen and oxygen atoms in total. The molecule has 0 saturated carbocycles. The van der Waals surface area contributed by atoms with E-state index in [9.17, 15) is 4.79 Å². The van der Waals surface area contributed by atoms with Crippen molar-refractivity contribution in [1.82, 2.24) is 14.9 Å². The van der Waals surface area contributed by atoms with E-state index in [1.165, 1.54) is 6.42 Å². The Bertz CT molecular complexity index is 666. The van der Waals surface area contributed by atoms with Crippen molar-refractivity contribution >= 4 is 17.4 Å². The highest BCUT2D eigenvalue weighted by atomic mass is 16.2. The average molecular weight is 310 g/mol. The Kier molecular flexibility index (Phi) is 4.55. The van der Waals surface area contributed by atoms with Crippen LogP contribution >= 0.6 is 0 Å². The number of hydrogen-bond acceptors (Lipinski definition) is 4. The van der Waals surface area contributed by atoms with Crippen LogP contribution in [0.2, 0.25) is 0 Å². The van der Waals surface area contributed by atoms with Gasteiger partial charge in [-0.3, -0.25) is 9.78 Å². The smallest absolute Gasteiger partial charge is 0.255 e. The van der Waals surface area contributed by atoms with Gasteiger partial charge in [-0.1, -0.05) is 6.92 Å². The molecule has 1 fully saturated rings. The highest BCUT2D eigenvalue weighted by Gasteiger charge is 2.22. The maximum absolute atomic E-state index is 12.5. The molecule has 0 aliphatic carbocycles. The summed E-state index contributed by atoms with van der Waals surface area (Å²) in [6.45, 7) is 5.83. The fraction of sp³-hybridized carbons (Fsp3) is 0.389. The van der Waals surface area contributed by atoms with E-state index in [-0.39, 0.29) is 5.91 Å². The number of piperidine rings is 1. The third-order valence-electron chi connectivity index (χ3n) is 4.14. The number of amides is 1. The summed E-state index contributed by atoms with van der Waals surface area (Å²) < 4.78 is 0. The van der Waals surface area contributed by atoms with Crippen LogP contribution in [0.25, 0.3) is 0 Å². The molecular formula is C18H22N4O. The van der Waals surface area contributed by atoms with E-state index in [0.29, 0.717) is 17.3 Å². The highest BCUT2D eigenvalue weighted by Crippen LogP contribution is 2.19. The van der Waals surface area contributed by atoms with Gasteiger partial charge in [-0.25, -0.2) is 4.98 Å². The van der Waals surface area contributed by atoms with Crippen LogP contribution in [-0.4, -0.2) is 33.9 Å². The van der Waals surface area contributed by atoms with Gasteiger partial charge in [0.05, 0.1) is 17.4 Å². The summed E-state index contributed by atoms with van der Waals surface area (Å²) in [6, 6.07) is 7.56. The summed E-state index contributed by atoms with van der Waals surface area (Å²) in [6.07, 6.45) is 5.70. The Morgan fingerprint density at radius 3 is 2.74 bits per heavy atom. The first-order valence-corrected chi connectivity index (χ1v) is 8.07. The lowest BCUT2D eigenvalue weighted by atomic mass is 10.00. The molecule has 23 heavy (non-hydrogen) atoms. The zero-order valence-corrected chi connectivity index (χ0v) is 13.6. The zero-order chi connectivity index (χ0) is 16.2. The van der Waals surface area contributed by atoms with Crippen LogP contribution in [0.3, 0.4) is 0 Å². The first-order valence-electron chi connectivity index (χ1n) is 8.07. The fourth-order valence-electron chi connectivity index (χ4n) is 2.84. The van der Waals surface area contributed by atoms with Crippen molar-refractivity contribution in [3.63, 3.8) is 0 Å². The second kappa shape index (κ2) is 6.77. The Morgan fingerprint density at radius 1 is 1.22 bits per heavy atom. The average Bonchev–Trinajstić information content (AvgIpc) is 2.57. The van der Waals surface area contributed by atoms with Crippen LogP contribution in [0.15, 0.2) is 36.7 Å². The van der Waals surface area contributed by atoms with Gasteiger partial charge in [-0.05, 0) is 49.9 Å². The fourth-order valence-corrected chi connectivity index (χ4v) is 2.84. The van der Waals surface area contributed by atoms with Gasteiger partial charge in [0.2, 0.25) is 0 Å². The molecule has 120 valence electrons. The largest absolute Gasteiger partial charge is 0.339 e. The number of nitrogens with one attached hydrogen (secondary N) is 1. The molecule has 2 aromatic heterocycles. The van der Waals surface area contributed by atoms with E-state index in [2.05, 4.69) is 22.2 Å². The molecule has 0 aromatic carbocycles. The summed E-state index contributed by atoms with van der Waals surface area (Å²) in [5, 5.41) is 3.19. The molecule has 3 rings (SSSR count). The lowest BCUT2D eigenvalue weighted by Gasteiger charge is -2.30. The molecule has 0 bridgehead atoms. The molecule has 5 heteroatoms. The van der Waals surface area contributed by atoms with Crippen LogP contribution in [0.5, 0.6) is 0 Å². The van der Waals surface area contributed by atoms with E-state index in [0.717, 1.165) is 30.9 Å². The number of hydrogen-bond donors (Lipinski definition) is 1. The predicted octanol–water partition coefficient (Wildman–Crippen LogP) is 3.40. The third-order valence-corrected chi connectivity index (χ3v) is 4.14. The maximum atomic E-state index is 12.5. The van der Waals surface area contributed by atoms with Gasteiger partial charge >= 0.3 is 0 Å². The van der Waals surface area contributed by atoms with Gasteiger partial charge in [0.15, 0.2) is 0 Å². The molecule has 1 amide bonds. The number of aromatic nitrogens is 2. The van der Waals surface area contributed by atoms with E-state index < -0.39 is 0 Å². The zero-order valence-electron chi connectivity index (χ0n) is 13.6. The summed E-state index contributed by atoms with van der Waals surface area (Å²) in [4.78, 5) is 23.0. The lowest BCUT2D eigenvalue weighted by molar-refractivity contribution is 0.0682. The third kappa shape index (κ3) is 3.86. The number of carbonyl (C=O) groups excluding carboxylic acids is 1. The van der Waals surface area contributed by atoms with E-state index in [1.54, 1.807) is 12.4 Å². The maximum Gasteiger partial charge on any atom is 0.255 e. The van der Waals surface area contributed by atoms with Crippen LogP contribution < -0.4 is 5.32 Å². The SMILES string of the molecule is Cc1ccc(Nc2ccc(C(=O)N3CCC[C@@H](C)C3)cn2)cn1. The Hall–Kier alpha value is -2.43. The first kappa shape index (κ1) is 15.5. The molecule has 1 N–H and O–H groups in total. The number of aryl methyl sites for hydroxylation is 1. The Labute approximate surface area is 136 Å². The van der Waals surface area contributed by atoms with Crippen molar-refractivity contribution in [2.45, 2.75) is 26.7 Å². The number of pyridine rings is 2. The van der Waals surface area contributed by atoms with Crippen molar-refractivity contribution in [2.75, 3.05) is 18.4 Å². The minimum absolute atomic E-state index is 0.0765. The predicted molar refractivity (Wildman–Crippen MR) is 90.8 cm³/mol. The van der Waals surface area contributed by atoms with Gasteiger partial charge in [-0.15, -0.1) is 0 Å². The second-order valence-corrected chi connectivity index (χ2v) is 6.24. The standard InChI is InChI=1S/C18H22N4O/c1-13-4-3-9-22(12-13)18(23)15-6-8-17(20-10-15)21-16-7-5-14(2)19-11-16/h5-8,10-11,13H,3-4,9,12H2,1-2H3,(H,20,21)/t13-/m1/s1. The minimum Gasteiger partial charge on any atom is -0.339 e. The summed E-state index contributed by atoms with van der Waals surface area (Å²) in [5.41, 5.74) is 2.50. The summed E-state index contributed by atoms with van der Waals surface area (Å²) >= 11 is 0. The minimum atomic E-state index is 0.0765. The molecule has 2 aromatic rings. The number of rotatable bonds is 3. The number of anilines is 2. The molecule has 1 atom stereocenters. The van der Waals surface area contributed by atoms with Crippen LogP contribution in [0.1, 0.15) is 35.8 Å². The molecule has 1 saturated heterocycles. The van der Waals surface area contributed by atoms with E-state index >= 15 is 0 Å². The number of likely N-dealkylation sites (tertiary alicyclic amines) is 1. The lowest BCUT2D eigenvalue weighted by Crippen LogP contribution is -2.39. The molecular weight excluding hydrogens is 288 g/mol. The van der Waals surface area contributed by atoms with Gasteiger partial charge < -0.3 is 10.2 Å².